The third-order valence-electron chi connectivity index (χ3n) is 4.13. The summed E-state index contributed by atoms with van der Waals surface area (Å²) in [6.45, 7) is 2.16. The van der Waals surface area contributed by atoms with Crippen LogP contribution in [0.25, 0.3) is 29.2 Å². The third kappa shape index (κ3) is 2.53. The van der Waals surface area contributed by atoms with E-state index in [1.54, 1.807) is 0 Å². The van der Waals surface area contributed by atoms with Crippen LogP contribution in [0, 0.1) is 0 Å². The predicted octanol–water partition coefficient (Wildman–Crippen LogP) is 3.45. The number of para-hydroxylation sites is 1. The molecule has 2 nitrogen and oxygen atoms in total. The van der Waals surface area contributed by atoms with Gasteiger partial charge in [-0.1, -0.05) is 66.3 Å². The molecule has 0 unspecified atom stereocenters. The van der Waals surface area contributed by atoms with Gasteiger partial charge >= 0.3 is 0 Å². The number of hydrogen-bond acceptors (Lipinski definition) is 1. The van der Waals surface area contributed by atoms with Gasteiger partial charge in [0.05, 0.1) is 10.7 Å². The van der Waals surface area contributed by atoms with E-state index in [0.29, 0.717) is 0 Å². The Morgan fingerprint density at radius 2 is 1.57 bits per heavy atom. The summed E-state index contributed by atoms with van der Waals surface area (Å²) in [5, 5.41) is 2.20. The van der Waals surface area contributed by atoms with E-state index in [1.165, 1.54) is 5.57 Å². The van der Waals surface area contributed by atoms with Crippen LogP contribution in [0.5, 0.6) is 0 Å². The zero-order chi connectivity index (χ0) is 15.6. The van der Waals surface area contributed by atoms with Crippen LogP contribution in [0.2, 0.25) is 0 Å². The Kier molecular flexibility index (Phi) is 3.43. The van der Waals surface area contributed by atoms with Crippen LogP contribution in [0.3, 0.4) is 0 Å². The largest absolute Gasteiger partial charge is 0.292 e. The van der Waals surface area contributed by atoms with Crippen molar-refractivity contribution in [3.05, 3.63) is 83.0 Å². The number of allylic oxidation sites excluding steroid dienone is 2. The lowest BCUT2D eigenvalue weighted by molar-refractivity contribution is 1.03. The molecule has 0 saturated heterocycles. The summed E-state index contributed by atoms with van der Waals surface area (Å²) in [5.74, 6) is 0.988. The van der Waals surface area contributed by atoms with Crippen LogP contribution < -0.4 is 10.7 Å². The van der Waals surface area contributed by atoms with Gasteiger partial charge in [-0.15, -0.1) is 0 Å². The van der Waals surface area contributed by atoms with E-state index in [4.69, 9.17) is 4.98 Å². The number of imidazole rings is 1. The molecule has 4 rings (SSSR count). The molecular formula is C21H18N2. The summed E-state index contributed by atoms with van der Waals surface area (Å²) in [5.41, 5.74) is 3.62. The van der Waals surface area contributed by atoms with Crippen LogP contribution in [0.4, 0.5) is 0 Å². The lowest BCUT2D eigenvalue weighted by Gasteiger charge is -2.08. The normalized spacial score (nSPS) is 13.3. The zero-order valence-electron chi connectivity index (χ0n) is 13.1. The second-order valence-corrected chi connectivity index (χ2v) is 5.83. The van der Waals surface area contributed by atoms with E-state index < -0.39 is 0 Å². The molecule has 0 N–H and O–H groups in total. The predicted molar refractivity (Wildman–Crippen MR) is 95.6 cm³/mol. The molecule has 0 spiro atoms. The second-order valence-electron chi connectivity index (χ2n) is 5.83. The number of rotatable bonds is 2. The van der Waals surface area contributed by atoms with Gasteiger partial charge in [-0.3, -0.25) is 4.57 Å². The average molecular weight is 298 g/mol. The van der Waals surface area contributed by atoms with Crippen LogP contribution in [-0.4, -0.2) is 9.55 Å². The minimum Gasteiger partial charge on any atom is -0.292 e. The first-order valence-corrected chi connectivity index (χ1v) is 7.90. The first-order chi connectivity index (χ1) is 11.3. The molecule has 1 aliphatic carbocycles. The first-order valence-electron chi connectivity index (χ1n) is 7.90. The van der Waals surface area contributed by atoms with E-state index >= 15 is 0 Å². The Bertz CT molecular complexity index is 978. The molecule has 0 fully saturated rings. The molecular weight excluding hydrogens is 280 g/mol. The van der Waals surface area contributed by atoms with Crippen LogP contribution >= 0.6 is 0 Å². The summed E-state index contributed by atoms with van der Waals surface area (Å²) in [4.78, 5) is 4.93. The standard InChI is InChI=1S/C21H18N2/c1-16-12-14-19-20(15-13-16)23(18-10-6-3-7-11-18)21(22-19)17-8-4-2-5-9-17/h2-11,13-15H,12H2,1H3. The Labute approximate surface area is 135 Å². The van der Waals surface area contributed by atoms with Crippen LogP contribution in [0.1, 0.15) is 13.3 Å². The first kappa shape index (κ1) is 13.8. The molecule has 2 heteroatoms. The quantitative estimate of drug-likeness (QED) is 0.708. The van der Waals surface area contributed by atoms with Crippen molar-refractivity contribution in [3.63, 3.8) is 0 Å². The Morgan fingerprint density at radius 1 is 0.870 bits per heavy atom. The molecule has 112 valence electrons. The van der Waals surface area contributed by atoms with Crippen molar-refractivity contribution in [1.82, 2.24) is 9.55 Å². The van der Waals surface area contributed by atoms with Gasteiger partial charge in [0.25, 0.3) is 0 Å². The lowest BCUT2D eigenvalue weighted by atomic mass is 10.2. The fourth-order valence-electron chi connectivity index (χ4n) is 2.93. The monoisotopic (exact) mass is 298 g/mol. The maximum Gasteiger partial charge on any atom is 0.145 e. The second kappa shape index (κ2) is 5.73. The highest BCUT2D eigenvalue weighted by Gasteiger charge is 2.12. The third-order valence-corrected chi connectivity index (χ3v) is 4.13. The molecule has 0 amide bonds. The number of nitrogens with zero attached hydrogens (tertiary/aromatic N) is 2. The molecule has 0 atom stereocenters. The van der Waals surface area contributed by atoms with Gasteiger partial charge in [0, 0.05) is 11.3 Å². The lowest BCUT2D eigenvalue weighted by Crippen LogP contribution is -2.28. The highest BCUT2D eigenvalue weighted by Crippen LogP contribution is 2.18. The van der Waals surface area contributed by atoms with E-state index in [1.807, 2.05) is 12.1 Å². The molecule has 1 heterocycles. The molecule has 0 aliphatic heterocycles. The summed E-state index contributed by atoms with van der Waals surface area (Å²) >= 11 is 0. The van der Waals surface area contributed by atoms with Gasteiger partial charge < -0.3 is 0 Å². The summed E-state index contributed by atoms with van der Waals surface area (Å²) in [6, 6.07) is 20.8. The molecule has 2 aromatic carbocycles. The summed E-state index contributed by atoms with van der Waals surface area (Å²) < 4.78 is 2.25. The van der Waals surface area contributed by atoms with E-state index in [-0.39, 0.29) is 0 Å². The van der Waals surface area contributed by atoms with Crippen molar-refractivity contribution in [2.45, 2.75) is 13.3 Å². The number of aromatic nitrogens is 2. The molecule has 1 aromatic heterocycles. The van der Waals surface area contributed by atoms with Crippen molar-refractivity contribution in [1.29, 1.82) is 0 Å². The van der Waals surface area contributed by atoms with Gasteiger partial charge in [-0.05, 0) is 31.6 Å². The maximum atomic E-state index is 4.93. The van der Waals surface area contributed by atoms with E-state index in [9.17, 15) is 0 Å². The topological polar surface area (TPSA) is 17.8 Å². The van der Waals surface area contributed by atoms with Crippen molar-refractivity contribution in [2.24, 2.45) is 0 Å². The minimum atomic E-state index is 0.948. The average Bonchev–Trinajstić information content (AvgIpc) is 2.88. The minimum absolute atomic E-state index is 0.948. The van der Waals surface area contributed by atoms with Gasteiger partial charge in [-0.25, -0.2) is 4.98 Å². The molecule has 0 saturated carbocycles. The molecule has 0 bridgehead atoms. The number of hydrogen-bond donors (Lipinski definition) is 0. The molecule has 1 aliphatic rings. The Morgan fingerprint density at radius 3 is 2.30 bits per heavy atom. The van der Waals surface area contributed by atoms with Crippen molar-refractivity contribution < 1.29 is 0 Å². The van der Waals surface area contributed by atoms with Gasteiger partial charge in [0.15, 0.2) is 0 Å². The van der Waals surface area contributed by atoms with Crippen LogP contribution in [0.15, 0.2) is 72.3 Å². The van der Waals surface area contributed by atoms with Gasteiger partial charge in [0.2, 0.25) is 0 Å². The van der Waals surface area contributed by atoms with Crippen molar-refractivity contribution in [3.8, 4) is 17.1 Å². The SMILES string of the molecule is CC1=CC=c2c(nc(-c3ccccc3)n2-c2ccccc2)=CC1. The van der Waals surface area contributed by atoms with Crippen molar-refractivity contribution in [2.75, 3.05) is 0 Å². The molecule has 0 radical (unpaired) electrons. The van der Waals surface area contributed by atoms with Gasteiger partial charge in [-0.2, -0.15) is 0 Å². The molecule has 3 aromatic rings. The smallest absolute Gasteiger partial charge is 0.145 e. The highest BCUT2D eigenvalue weighted by atomic mass is 15.1. The summed E-state index contributed by atoms with van der Waals surface area (Å²) in [7, 11) is 0. The molecule has 23 heavy (non-hydrogen) atoms. The Balaban J connectivity index is 2.08. The summed E-state index contributed by atoms with van der Waals surface area (Å²) in [6.07, 6.45) is 7.54. The van der Waals surface area contributed by atoms with Crippen LogP contribution in [-0.2, 0) is 0 Å². The maximum absolute atomic E-state index is 4.93. The fourth-order valence-corrected chi connectivity index (χ4v) is 2.93. The van der Waals surface area contributed by atoms with Crippen molar-refractivity contribution >= 4 is 12.2 Å². The number of benzene rings is 2. The van der Waals surface area contributed by atoms with E-state index in [2.05, 4.69) is 78.2 Å². The van der Waals surface area contributed by atoms with E-state index in [0.717, 1.165) is 34.2 Å². The number of fused-ring (bicyclic) bond motifs is 1. The zero-order valence-corrected chi connectivity index (χ0v) is 13.1. The Hall–Kier alpha value is -2.87. The fraction of sp³-hybridized carbons (Fsp3) is 0.0952. The highest BCUT2D eigenvalue weighted by molar-refractivity contribution is 5.61. The van der Waals surface area contributed by atoms with Gasteiger partial charge in [0.1, 0.15) is 5.82 Å².